The number of aromatic amines is 1. The molecule has 2 heterocycles. The van der Waals surface area contributed by atoms with Crippen LogP contribution in [0, 0.1) is 0 Å². The largest absolute Gasteiger partial charge is 0.389 e. The molecule has 0 bridgehead atoms. The standard InChI is InChI=1S/C18H17N5O4S2/c24-17(21-18-19-9-10-28-18)16(23-27-11-13-7-8-20-22-13)12-1-3-14(4-2-12)29(25,26)15-5-6-15/h1-4,7-10,15H,5-6,11H2,(H,20,22)(H,19,21,24)/b23-16+. The summed E-state index contributed by atoms with van der Waals surface area (Å²) >= 11 is 1.27. The number of nitrogens with one attached hydrogen (secondary N) is 2. The molecule has 9 nitrogen and oxygen atoms in total. The van der Waals surface area contributed by atoms with E-state index in [2.05, 4.69) is 25.7 Å². The SMILES string of the molecule is O=C(Nc1nccs1)/C(=N/OCc1ccn[nH]1)c1ccc(S(=O)(=O)C2CC2)cc1. The zero-order chi connectivity index (χ0) is 20.3. The van der Waals surface area contributed by atoms with Crippen LogP contribution in [0.15, 0.2) is 58.2 Å². The normalized spacial score (nSPS) is 14.6. The number of hydrogen-bond acceptors (Lipinski definition) is 8. The average molecular weight is 431 g/mol. The molecule has 0 atom stereocenters. The minimum atomic E-state index is -3.31. The summed E-state index contributed by atoms with van der Waals surface area (Å²) in [7, 11) is -3.31. The fraction of sp³-hybridized carbons (Fsp3) is 0.222. The van der Waals surface area contributed by atoms with Gasteiger partial charge in [0.1, 0.15) is 0 Å². The Labute approximate surface area is 170 Å². The molecular weight excluding hydrogens is 414 g/mol. The molecule has 1 fully saturated rings. The van der Waals surface area contributed by atoms with Gasteiger partial charge in [-0.3, -0.25) is 15.2 Å². The number of H-pyrrole nitrogens is 1. The van der Waals surface area contributed by atoms with Crippen LogP contribution >= 0.6 is 11.3 Å². The number of anilines is 1. The van der Waals surface area contributed by atoms with Crippen LogP contribution in [0.4, 0.5) is 5.13 Å². The van der Waals surface area contributed by atoms with Crippen molar-refractivity contribution in [2.75, 3.05) is 5.32 Å². The summed E-state index contributed by atoms with van der Waals surface area (Å²) in [5.74, 6) is -0.512. The number of rotatable bonds is 8. The first-order chi connectivity index (χ1) is 14.0. The summed E-state index contributed by atoms with van der Waals surface area (Å²) < 4.78 is 24.7. The first kappa shape index (κ1) is 19.3. The van der Waals surface area contributed by atoms with Crippen LogP contribution in [-0.2, 0) is 26.1 Å². The summed E-state index contributed by atoms with van der Waals surface area (Å²) in [5.41, 5.74) is 1.13. The third-order valence-electron chi connectivity index (χ3n) is 4.22. The maximum Gasteiger partial charge on any atom is 0.280 e. The molecule has 1 aliphatic rings. The van der Waals surface area contributed by atoms with Gasteiger partial charge in [-0.15, -0.1) is 11.3 Å². The highest BCUT2D eigenvalue weighted by atomic mass is 32.2. The number of hydrogen-bond donors (Lipinski definition) is 2. The zero-order valence-corrected chi connectivity index (χ0v) is 16.7. The maximum absolute atomic E-state index is 12.7. The second kappa shape index (κ2) is 8.13. The Morgan fingerprint density at radius 2 is 2.03 bits per heavy atom. The molecule has 29 heavy (non-hydrogen) atoms. The van der Waals surface area contributed by atoms with Crippen molar-refractivity contribution >= 4 is 37.9 Å². The van der Waals surface area contributed by atoms with E-state index in [1.807, 2.05) is 0 Å². The second-order valence-corrected chi connectivity index (χ2v) is 9.48. The van der Waals surface area contributed by atoms with Gasteiger partial charge < -0.3 is 4.84 Å². The van der Waals surface area contributed by atoms with E-state index in [0.717, 1.165) is 0 Å². The smallest absolute Gasteiger partial charge is 0.280 e. The van der Waals surface area contributed by atoms with E-state index >= 15 is 0 Å². The lowest BCUT2D eigenvalue weighted by atomic mass is 10.1. The number of carbonyl (C=O) groups excluding carboxylic acids is 1. The highest BCUT2D eigenvalue weighted by molar-refractivity contribution is 7.92. The van der Waals surface area contributed by atoms with Gasteiger partial charge in [0.2, 0.25) is 0 Å². The van der Waals surface area contributed by atoms with Crippen molar-refractivity contribution in [3.8, 4) is 0 Å². The quantitative estimate of drug-likeness (QED) is 0.416. The monoisotopic (exact) mass is 431 g/mol. The van der Waals surface area contributed by atoms with Crippen LogP contribution in [0.5, 0.6) is 0 Å². The fourth-order valence-electron chi connectivity index (χ4n) is 2.57. The van der Waals surface area contributed by atoms with E-state index in [1.54, 1.807) is 36.0 Å². The molecule has 2 aromatic heterocycles. The summed E-state index contributed by atoms with van der Waals surface area (Å²) in [4.78, 5) is 22.3. The van der Waals surface area contributed by atoms with E-state index in [4.69, 9.17) is 4.84 Å². The molecule has 4 rings (SSSR count). The molecule has 1 aliphatic carbocycles. The van der Waals surface area contributed by atoms with Gasteiger partial charge in [-0.2, -0.15) is 5.10 Å². The number of benzene rings is 1. The van der Waals surface area contributed by atoms with Crippen molar-refractivity contribution in [3.05, 3.63) is 59.4 Å². The van der Waals surface area contributed by atoms with Crippen molar-refractivity contribution in [2.45, 2.75) is 29.6 Å². The Morgan fingerprint density at radius 1 is 1.24 bits per heavy atom. The van der Waals surface area contributed by atoms with E-state index in [0.29, 0.717) is 29.2 Å². The highest BCUT2D eigenvalue weighted by Gasteiger charge is 2.36. The molecule has 1 amide bonds. The lowest BCUT2D eigenvalue weighted by Gasteiger charge is -2.08. The Balaban J connectivity index is 1.57. The van der Waals surface area contributed by atoms with Crippen molar-refractivity contribution in [2.24, 2.45) is 5.16 Å². The summed E-state index contributed by atoms with van der Waals surface area (Å²) in [5, 5.41) is 15.0. The summed E-state index contributed by atoms with van der Waals surface area (Å²) in [6.07, 6.45) is 4.53. The zero-order valence-electron chi connectivity index (χ0n) is 15.1. The minimum absolute atomic E-state index is 0.00934. The predicted octanol–water partition coefficient (Wildman–Crippen LogP) is 2.36. The van der Waals surface area contributed by atoms with Gasteiger partial charge in [0, 0.05) is 23.3 Å². The van der Waals surface area contributed by atoms with Gasteiger partial charge in [0.25, 0.3) is 5.91 Å². The van der Waals surface area contributed by atoms with Crippen molar-refractivity contribution in [1.29, 1.82) is 0 Å². The molecule has 0 spiro atoms. The van der Waals surface area contributed by atoms with E-state index < -0.39 is 15.7 Å². The molecule has 0 radical (unpaired) electrons. The van der Waals surface area contributed by atoms with Crippen LogP contribution < -0.4 is 5.32 Å². The molecule has 2 N–H and O–H groups in total. The average Bonchev–Trinajstić information content (AvgIpc) is 3.23. The number of nitrogens with zero attached hydrogens (tertiary/aromatic N) is 3. The summed E-state index contributed by atoms with van der Waals surface area (Å²) in [6.45, 7) is 0.0994. The lowest BCUT2D eigenvalue weighted by molar-refractivity contribution is -0.110. The van der Waals surface area contributed by atoms with E-state index in [9.17, 15) is 13.2 Å². The highest BCUT2D eigenvalue weighted by Crippen LogP contribution is 2.33. The number of oxime groups is 1. The molecule has 3 aromatic rings. The van der Waals surface area contributed by atoms with Gasteiger partial charge >= 0.3 is 0 Å². The molecular formula is C18H17N5O4S2. The Hall–Kier alpha value is -3.05. The second-order valence-electron chi connectivity index (χ2n) is 6.36. The van der Waals surface area contributed by atoms with Gasteiger partial charge in [-0.25, -0.2) is 13.4 Å². The van der Waals surface area contributed by atoms with Gasteiger partial charge in [-0.05, 0) is 31.0 Å². The van der Waals surface area contributed by atoms with Gasteiger partial charge in [0.15, 0.2) is 27.3 Å². The topological polar surface area (TPSA) is 126 Å². The third-order valence-corrected chi connectivity index (χ3v) is 7.19. The van der Waals surface area contributed by atoms with Gasteiger partial charge in [0.05, 0.1) is 15.8 Å². The molecule has 1 saturated carbocycles. The first-order valence-electron chi connectivity index (χ1n) is 8.77. The fourth-order valence-corrected chi connectivity index (χ4v) is 4.75. The lowest BCUT2D eigenvalue weighted by Crippen LogP contribution is -2.24. The Morgan fingerprint density at radius 3 is 2.66 bits per heavy atom. The van der Waals surface area contributed by atoms with Crippen molar-refractivity contribution < 1.29 is 18.0 Å². The molecule has 0 aliphatic heterocycles. The molecule has 0 unspecified atom stereocenters. The molecule has 11 heteroatoms. The maximum atomic E-state index is 12.7. The van der Waals surface area contributed by atoms with E-state index in [-0.39, 0.29) is 22.5 Å². The third kappa shape index (κ3) is 4.51. The van der Waals surface area contributed by atoms with Crippen LogP contribution in [0.25, 0.3) is 0 Å². The van der Waals surface area contributed by atoms with Gasteiger partial charge in [-0.1, -0.05) is 17.3 Å². The van der Waals surface area contributed by atoms with E-state index in [1.165, 1.54) is 23.5 Å². The predicted molar refractivity (Wildman–Crippen MR) is 107 cm³/mol. The molecule has 150 valence electrons. The Kier molecular flexibility index (Phi) is 5.41. The number of aromatic nitrogens is 3. The molecule has 0 saturated heterocycles. The van der Waals surface area contributed by atoms with Crippen LogP contribution in [-0.4, -0.2) is 40.5 Å². The Bertz CT molecular complexity index is 1100. The van der Waals surface area contributed by atoms with Crippen LogP contribution in [0.3, 0.4) is 0 Å². The first-order valence-corrected chi connectivity index (χ1v) is 11.2. The minimum Gasteiger partial charge on any atom is -0.389 e. The van der Waals surface area contributed by atoms with Crippen molar-refractivity contribution in [3.63, 3.8) is 0 Å². The number of amides is 1. The number of sulfone groups is 1. The van der Waals surface area contributed by atoms with Crippen molar-refractivity contribution in [1.82, 2.24) is 15.2 Å². The number of thiazole rings is 1. The van der Waals surface area contributed by atoms with Crippen LogP contribution in [0.1, 0.15) is 24.1 Å². The van der Waals surface area contributed by atoms with Crippen LogP contribution in [0.2, 0.25) is 0 Å². The summed E-state index contributed by atoms with van der Waals surface area (Å²) in [6, 6.07) is 7.81. The molecule has 1 aromatic carbocycles. The number of carbonyl (C=O) groups is 1.